The molecule has 2 heteroatoms. The standard InChI is InChI=1S/C13H15NO/c1-2-12(14)7-6-10-4-3-5-11-8-9-15-13(10)11/h3-5,12H,2,8-9,14H2,1H3. The van der Waals surface area contributed by atoms with Crippen molar-refractivity contribution < 1.29 is 4.74 Å². The zero-order valence-corrected chi connectivity index (χ0v) is 8.92. The number of nitrogens with two attached hydrogens (primary N) is 1. The summed E-state index contributed by atoms with van der Waals surface area (Å²) < 4.78 is 5.55. The lowest BCUT2D eigenvalue weighted by molar-refractivity contribution is 0.356. The predicted molar refractivity (Wildman–Crippen MR) is 60.8 cm³/mol. The van der Waals surface area contributed by atoms with E-state index in [-0.39, 0.29) is 6.04 Å². The molecule has 0 bridgehead atoms. The minimum atomic E-state index is -0.0396. The Morgan fingerprint density at radius 3 is 3.20 bits per heavy atom. The van der Waals surface area contributed by atoms with Gasteiger partial charge >= 0.3 is 0 Å². The van der Waals surface area contributed by atoms with E-state index in [2.05, 4.69) is 17.9 Å². The van der Waals surface area contributed by atoms with Gasteiger partial charge in [-0.1, -0.05) is 30.9 Å². The molecule has 1 aliphatic heterocycles. The molecule has 0 fully saturated rings. The largest absolute Gasteiger partial charge is 0.492 e. The Hall–Kier alpha value is -1.46. The number of rotatable bonds is 1. The molecule has 2 nitrogen and oxygen atoms in total. The fourth-order valence-electron chi connectivity index (χ4n) is 1.59. The maximum absolute atomic E-state index is 5.75. The summed E-state index contributed by atoms with van der Waals surface area (Å²) in [5.74, 6) is 7.07. The predicted octanol–water partition coefficient (Wildman–Crippen LogP) is 1.71. The molecule has 15 heavy (non-hydrogen) atoms. The summed E-state index contributed by atoms with van der Waals surface area (Å²) in [6.07, 6.45) is 1.87. The third-order valence-corrected chi connectivity index (χ3v) is 2.55. The van der Waals surface area contributed by atoms with Crippen LogP contribution in [0.2, 0.25) is 0 Å². The van der Waals surface area contributed by atoms with Crippen LogP contribution in [0.15, 0.2) is 18.2 Å². The summed E-state index contributed by atoms with van der Waals surface area (Å²) in [6.45, 7) is 2.80. The highest BCUT2D eigenvalue weighted by Gasteiger charge is 2.14. The number of hydrogen-bond donors (Lipinski definition) is 1. The molecule has 0 amide bonds. The van der Waals surface area contributed by atoms with Crippen molar-refractivity contribution in [2.24, 2.45) is 5.73 Å². The first kappa shape index (κ1) is 10.1. The van der Waals surface area contributed by atoms with Crippen LogP contribution in [-0.4, -0.2) is 12.6 Å². The van der Waals surface area contributed by atoms with E-state index in [0.717, 1.165) is 30.8 Å². The van der Waals surface area contributed by atoms with E-state index in [1.165, 1.54) is 5.56 Å². The second kappa shape index (κ2) is 4.37. The average molecular weight is 201 g/mol. The van der Waals surface area contributed by atoms with E-state index in [9.17, 15) is 0 Å². The normalized spacial score (nSPS) is 14.8. The van der Waals surface area contributed by atoms with Crippen LogP contribution in [0.3, 0.4) is 0 Å². The Morgan fingerprint density at radius 2 is 2.40 bits per heavy atom. The SMILES string of the molecule is CCC(N)C#Cc1cccc2c1OCC2. The highest BCUT2D eigenvalue weighted by atomic mass is 16.5. The summed E-state index contributed by atoms with van der Waals surface area (Å²) in [4.78, 5) is 0. The van der Waals surface area contributed by atoms with Crippen LogP contribution < -0.4 is 10.5 Å². The first-order valence-corrected chi connectivity index (χ1v) is 5.33. The van der Waals surface area contributed by atoms with Gasteiger partial charge in [-0.25, -0.2) is 0 Å². The lowest BCUT2D eigenvalue weighted by Gasteiger charge is -2.01. The number of para-hydroxylation sites is 1. The molecule has 0 saturated heterocycles. The van der Waals surface area contributed by atoms with Crippen LogP contribution in [0, 0.1) is 11.8 Å². The van der Waals surface area contributed by atoms with E-state index in [4.69, 9.17) is 10.5 Å². The van der Waals surface area contributed by atoms with Crippen molar-refractivity contribution >= 4 is 0 Å². The Balaban J connectivity index is 2.28. The van der Waals surface area contributed by atoms with Crippen molar-refractivity contribution in [3.05, 3.63) is 29.3 Å². The zero-order chi connectivity index (χ0) is 10.7. The second-order valence-electron chi connectivity index (χ2n) is 3.68. The summed E-state index contributed by atoms with van der Waals surface area (Å²) in [7, 11) is 0. The Bertz CT molecular complexity index is 414. The topological polar surface area (TPSA) is 35.2 Å². The monoisotopic (exact) mass is 201 g/mol. The van der Waals surface area contributed by atoms with Gasteiger partial charge in [0.1, 0.15) is 5.75 Å². The minimum Gasteiger partial charge on any atom is -0.492 e. The number of benzene rings is 1. The first-order chi connectivity index (χ1) is 7.31. The van der Waals surface area contributed by atoms with Crippen molar-refractivity contribution in [3.63, 3.8) is 0 Å². The van der Waals surface area contributed by atoms with Crippen LogP contribution in [0.1, 0.15) is 24.5 Å². The third-order valence-electron chi connectivity index (χ3n) is 2.55. The molecule has 1 aliphatic rings. The van der Waals surface area contributed by atoms with E-state index >= 15 is 0 Å². The summed E-state index contributed by atoms with van der Waals surface area (Å²) in [5, 5.41) is 0. The van der Waals surface area contributed by atoms with Crippen LogP contribution in [0.5, 0.6) is 5.75 Å². The molecule has 1 aromatic carbocycles. The fourth-order valence-corrected chi connectivity index (χ4v) is 1.59. The molecular weight excluding hydrogens is 186 g/mol. The second-order valence-corrected chi connectivity index (χ2v) is 3.68. The van der Waals surface area contributed by atoms with Crippen LogP contribution in [0.4, 0.5) is 0 Å². The molecular formula is C13H15NO. The van der Waals surface area contributed by atoms with E-state index in [1.54, 1.807) is 0 Å². The van der Waals surface area contributed by atoms with Crippen LogP contribution in [-0.2, 0) is 6.42 Å². The van der Waals surface area contributed by atoms with Gasteiger partial charge in [0.05, 0.1) is 18.2 Å². The van der Waals surface area contributed by atoms with Gasteiger partial charge in [-0.05, 0) is 18.1 Å². The molecule has 0 spiro atoms. The zero-order valence-electron chi connectivity index (χ0n) is 8.92. The van der Waals surface area contributed by atoms with Gasteiger partial charge in [0, 0.05) is 6.42 Å². The lowest BCUT2D eigenvalue weighted by Crippen LogP contribution is -2.15. The van der Waals surface area contributed by atoms with E-state index < -0.39 is 0 Å². The van der Waals surface area contributed by atoms with Crippen molar-refractivity contribution in [1.82, 2.24) is 0 Å². The maximum atomic E-state index is 5.75. The lowest BCUT2D eigenvalue weighted by atomic mass is 10.1. The number of ether oxygens (including phenoxy) is 1. The number of hydrogen-bond acceptors (Lipinski definition) is 2. The fraction of sp³-hybridized carbons (Fsp3) is 0.385. The van der Waals surface area contributed by atoms with Crippen molar-refractivity contribution in [2.45, 2.75) is 25.8 Å². The third kappa shape index (κ3) is 2.14. The summed E-state index contributed by atoms with van der Waals surface area (Å²) >= 11 is 0. The molecule has 1 unspecified atom stereocenters. The van der Waals surface area contributed by atoms with Gasteiger partial charge in [-0.15, -0.1) is 0 Å². The van der Waals surface area contributed by atoms with Gasteiger partial charge in [0.15, 0.2) is 0 Å². The smallest absolute Gasteiger partial charge is 0.138 e. The Labute approximate surface area is 90.4 Å². The first-order valence-electron chi connectivity index (χ1n) is 5.33. The highest BCUT2D eigenvalue weighted by molar-refractivity contribution is 5.52. The van der Waals surface area contributed by atoms with Gasteiger partial charge in [0.2, 0.25) is 0 Å². The van der Waals surface area contributed by atoms with E-state index in [1.807, 2.05) is 19.1 Å². The van der Waals surface area contributed by atoms with Crippen molar-refractivity contribution in [1.29, 1.82) is 0 Å². The van der Waals surface area contributed by atoms with Crippen molar-refractivity contribution in [2.75, 3.05) is 6.61 Å². The van der Waals surface area contributed by atoms with Gasteiger partial charge in [-0.2, -0.15) is 0 Å². The molecule has 0 aliphatic carbocycles. The Kier molecular flexibility index (Phi) is 2.94. The van der Waals surface area contributed by atoms with Gasteiger partial charge < -0.3 is 10.5 Å². The molecule has 1 atom stereocenters. The average Bonchev–Trinajstić information content (AvgIpc) is 2.74. The number of fused-ring (bicyclic) bond motifs is 1. The maximum Gasteiger partial charge on any atom is 0.138 e. The summed E-state index contributed by atoms with van der Waals surface area (Å²) in [6, 6.07) is 6.06. The highest BCUT2D eigenvalue weighted by Crippen LogP contribution is 2.28. The van der Waals surface area contributed by atoms with Crippen LogP contribution >= 0.6 is 0 Å². The Morgan fingerprint density at radius 1 is 1.53 bits per heavy atom. The van der Waals surface area contributed by atoms with E-state index in [0.29, 0.717) is 0 Å². The molecule has 2 N–H and O–H groups in total. The molecule has 0 radical (unpaired) electrons. The van der Waals surface area contributed by atoms with Crippen molar-refractivity contribution in [3.8, 4) is 17.6 Å². The molecule has 0 aromatic heterocycles. The van der Waals surface area contributed by atoms with Gasteiger partial charge in [-0.3, -0.25) is 0 Å². The van der Waals surface area contributed by atoms with Crippen LogP contribution in [0.25, 0.3) is 0 Å². The molecule has 78 valence electrons. The molecule has 1 aromatic rings. The molecule has 2 rings (SSSR count). The molecule has 1 heterocycles. The van der Waals surface area contributed by atoms with Gasteiger partial charge in [0.25, 0.3) is 0 Å². The summed E-state index contributed by atoms with van der Waals surface area (Å²) in [5.41, 5.74) is 7.97. The minimum absolute atomic E-state index is 0.0396. The molecule has 0 saturated carbocycles. The quantitative estimate of drug-likeness (QED) is 0.702.